The Balaban J connectivity index is 2.37. The van der Waals surface area contributed by atoms with E-state index < -0.39 is 16.1 Å². The molecular weight excluding hydrogens is 316 g/mol. The molecule has 1 amide bonds. The van der Waals surface area contributed by atoms with Crippen molar-refractivity contribution in [1.29, 1.82) is 0 Å². The number of ether oxygens (including phenoxy) is 1. The van der Waals surface area contributed by atoms with Gasteiger partial charge in [-0.15, -0.1) is 0 Å². The molecule has 0 saturated carbocycles. The van der Waals surface area contributed by atoms with Crippen molar-refractivity contribution in [3.8, 4) is 5.75 Å². The van der Waals surface area contributed by atoms with E-state index in [2.05, 4.69) is 5.32 Å². The molecule has 128 valence electrons. The van der Waals surface area contributed by atoms with Crippen LogP contribution in [-0.2, 0) is 14.8 Å². The maximum Gasteiger partial charge on any atom is 0.244 e. The van der Waals surface area contributed by atoms with Crippen molar-refractivity contribution in [3.63, 3.8) is 0 Å². The van der Waals surface area contributed by atoms with Gasteiger partial charge in [-0.1, -0.05) is 6.07 Å². The predicted molar refractivity (Wildman–Crippen MR) is 87.9 cm³/mol. The molecule has 23 heavy (non-hydrogen) atoms. The fourth-order valence-electron chi connectivity index (χ4n) is 2.78. The van der Waals surface area contributed by atoms with E-state index in [-0.39, 0.29) is 16.8 Å². The van der Waals surface area contributed by atoms with Crippen LogP contribution in [0.1, 0.15) is 32.3 Å². The molecule has 0 radical (unpaired) electrons. The van der Waals surface area contributed by atoms with E-state index >= 15 is 0 Å². The average molecular weight is 340 g/mol. The third kappa shape index (κ3) is 3.67. The Morgan fingerprint density at radius 3 is 2.70 bits per heavy atom. The van der Waals surface area contributed by atoms with Crippen molar-refractivity contribution in [1.82, 2.24) is 9.62 Å². The molecule has 0 unspecified atom stereocenters. The van der Waals surface area contributed by atoms with Gasteiger partial charge in [0, 0.05) is 18.7 Å². The molecule has 1 aromatic carbocycles. The summed E-state index contributed by atoms with van der Waals surface area (Å²) in [6, 6.07) is 4.28. The van der Waals surface area contributed by atoms with Crippen molar-refractivity contribution in [2.75, 3.05) is 13.7 Å². The molecule has 6 nitrogen and oxygen atoms in total. The highest BCUT2D eigenvalue weighted by molar-refractivity contribution is 7.89. The summed E-state index contributed by atoms with van der Waals surface area (Å²) in [4.78, 5) is 12.5. The van der Waals surface area contributed by atoms with Gasteiger partial charge in [0.2, 0.25) is 15.9 Å². The van der Waals surface area contributed by atoms with Crippen molar-refractivity contribution < 1.29 is 17.9 Å². The van der Waals surface area contributed by atoms with Crippen LogP contribution in [-0.4, -0.2) is 44.4 Å². The Bertz CT molecular complexity index is 685. The van der Waals surface area contributed by atoms with Crippen molar-refractivity contribution in [3.05, 3.63) is 23.8 Å². The second-order valence-electron chi connectivity index (χ2n) is 6.07. The average Bonchev–Trinajstić information content (AvgIpc) is 2.97. The van der Waals surface area contributed by atoms with E-state index in [0.717, 1.165) is 0 Å². The number of sulfonamides is 1. The largest absolute Gasteiger partial charge is 0.497 e. The van der Waals surface area contributed by atoms with E-state index in [1.807, 2.05) is 13.8 Å². The van der Waals surface area contributed by atoms with Crippen molar-refractivity contribution in [2.24, 2.45) is 0 Å². The van der Waals surface area contributed by atoms with E-state index in [4.69, 9.17) is 4.74 Å². The van der Waals surface area contributed by atoms with E-state index in [0.29, 0.717) is 30.7 Å². The second kappa shape index (κ2) is 6.88. The highest BCUT2D eigenvalue weighted by Crippen LogP contribution is 2.30. The summed E-state index contributed by atoms with van der Waals surface area (Å²) in [5.41, 5.74) is 0.640. The lowest BCUT2D eigenvalue weighted by Gasteiger charge is -2.25. The van der Waals surface area contributed by atoms with Gasteiger partial charge in [0.05, 0.1) is 12.0 Å². The molecule has 1 aliphatic rings. The molecule has 7 heteroatoms. The molecule has 1 fully saturated rings. The molecule has 1 saturated heterocycles. The molecule has 0 aliphatic carbocycles. The summed E-state index contributed by atoms with van der Waals surface area (Å²) in [5, 5.41) is 2.81. The summed E-state index contributed by atoms with van der Waals surface area (Å²) >= 11 is 0. The number of benzene rings is 1. The number of hydrogen-bond acceptors (Lipinski definition) is 4. The van der Waals surface area contributed by atoms with Gasteiger partial charge in [-0.2, -0.15) is 4.31 Å². The summed E-state index contributed by atoms with van der Waals surface area (Å²) in [6.45, 7) is 5.82. The first-order valence-electron chi connectivity index (χ1n) is 7.74. The fraction of sp³-hybridized carbons (Fsp3) is 0.562. The number of hydrogen-bond donors (Lipinski definition) is 1. The lowest BCUT2D eigenvalue weighted by atomic mass is 10.2. The molecule has 1 N–H and O–H groups in total. The van der Waals surface area contributed by atoms with Gasteiger partial charge in [-0.3, -0.25) is 4.79 Å². The van der Waals surface area contributed by atoms with Gasteiger partial charge >= 0.3 is 0 Å². The second-order valence-corrected chi connectivity index (χ2v) is 7.93. The minimum Gasteiger partial charge on any atom is -0.497 e. The lowest BCUT2D eigenvalue weighted by Crippen LogP contribution is -2.47. The van der Waals surface area contributed by atoms with Gasteiger partial charge in [0.15, 0.2) is 0 Å². The number of nitrogens with zero attached hydrogens (tertiary/aromatic N) is 1. The molecule has 1 atom stereocenters. The fourth-order valence-corrected chi connectivity index (χ4v) is 4.68. The van der Waals surface area contributed by atoms with Crippen molar-refractivity contribution >= 4 is 15.9 Å². The first-order chi connectivity index (χ1) is 10.8. The van der Waals surface area contributed by atoms with Gasteiger partial charge in [-0.05, 0) is 45.2 Å². The number of aryl methyl sites for hydroxylation is 1. The van der Waals surface area contributed by atoms with E-state index in [9.17, 15) is 13.2 Å². The van der Waals surface area contributed by atoms with Gasteiger partial charge in [0.1, 0.15) is 11.8 Å². The topological polar surface area (TPSA) is 75.7 Å². The number of amides is 1. The van der Waals surface area contributed by atoms with Crippen LogP contribution in [0.4, 0.5) is 0 Å². The number of methoxy groups -OCH3 is 1. The molecule has 0 aromatic heterocycles. The minimum atomic E-state index is -3.74. The zero-order chi connectivity index (χ0) is 17.2. The standard InChI is InChI=1S/C16H24N2O4S/c1-11(2)17-16(19)14-6-5-9-18(14)23(20,21)15-10-13(22-4)8-7-12(15)3/h7-8,10-11,14H,5-6,9H2,1-4H3,(H,17,19)/t14-/m0/s1. The van der Waals surface area contributed by atoms with E-state index in [1.165, 1.54) is 17.5 Å². The zero-order valence-electron chi connectivity index (χ0n) is 14.0. The SMILES string of the molecule is COc1ccc(C)c(S(=O)(=O)N2CCC[C@H]2C(=O)NC(C)C)c1. The zero-order valence-corrected chi connectivity index (χ0v) is 14.8. The number of rotatable bonds is 5. The number of carbonyl (C=O) groups is 1. The molecule has 0 spiro atoms. The smallest absolute Gasteiger partial charge is 0.244 e. The van der Waals surface area contributed by atoms with Gasteiger partial charge in [-0.25, -0.2) is 8.42 Å². The maximum absolute atomic E-state index is 13.0. The summed E-state index contributed by atoms with van der Waals surface area (Å²) in [7, 11) is -2.24. The Morgan fingerprint density at radius 2 is 2.09 bits per heavy atom. The predicted octanol–water partition coefficient (Wildman–Crippen LogP) is 1.68. The van der Waals surface area contributed by atoms with Crippen molar-refractivity contribution in [2.45, 2.75) is 50.6 Å². The van der Waals surface area contributed by atoms with Gasteiger partial charge in [0.25, 0.3) is 0 Å². The summed E-state index contributed by atoms with van der Waals surface area (Å²) in [5.74, 6) is 0.248. The van der Waals surface area contributed by atoms with E-state index in [1.54, 1.807) is 19.1 Å². The summed E-state index contributed by atoms with van der Waals surface area (Å²) in [6.07, 6.45) is 1.22. The third-order valence-electron chi connectivity index (χ3n) is 3.92. The first-order valence-corrected chi connectivity index (χ1v) is 9.18. The Morgan fingerprint density at radius 1 is 1.39 bits per heavy atom. The van der Waals surface area contributed by atoms with Crippen LogP contribution in [0.15, 0.2) is 23.1 Å². The van der Waals surface area contributed by atoms with Crippen LogP contribution in [0.3, 0.4) is 0 Å². The Labute approximate surface area is 137 Å². The monoisotopic (exact) mass is 340 g/mol. The quantitative estimate of drug-likeness (QED) is 0.885. The number of nitrogens with one attached hydrogen (secondary N) is 1. The maximum atomic E-state index is 13.0. The molecular formula is C16H24N2O4S. The van der Waals surface area contributed by atoms with Crippen LogP contribution < -0.4 is 10.1 Å². The Hall–Kier alpha value is -1.60. The molecule has 1 aromatic rings. The van der Waals surface area contributed by atoms with Crippen LogP contribution in [0.2, 0.25) is 0 Å². The number of carbonyl (C=O) groups excluding carboxylic acids is 1. The minimum absolute atomic E-state index is 0.0220. The van der Waals surface area contributed by atoms with Crippen LogP contribution in [0.25, 0.3) is 0 Å². The first kappa shape index (κ1) is 17.7. The molecule has 0 bridgehead atoms. The highest BCUT2D eigenvalue weighted by atomic mass is 32.2. The Kier molecular flexibility index (Phi) is 5.31. The van der Waals surface area contributed by atoms with Gasteiger partial charge < -0.3 is 10.1 Å². The lowest BCUT2D eigenvalue weighted by molar-refractivity contribution is -0.124. The molecule has 2 rings (SSSR count). The highest BCUT2D eigenvalue weighted by Gasteiger charge is 2.40. The van der Waals surface area contributed by atoms with Crippen LogP contribution >= 0.6 is 0 Å². The normalized spacial score (nSPS) is 19.1. The summed E-state index contributed by atoms with van der Waals surface area (Å²) < 4.78 is 32.5. The van der Waals surface area contributed by atoms with Crippen LogP contribution in [0, 0.1) is 6.92 Å². The third-order valence-corrected chi connectivity index (χ3v) is 5.97. The molecule has 1 heterocycles. The van der Waals surface area contributed by atoms with Crippen LogP contribution in [0.5, 0.6) is 5.75 Å². The molecule has 1 aliphatic heterocycles.